The van der Waals surface area contributed by atoms with E-state index >= 15 is 0 Å². The summed E-state index contributed by atoms with van der Waals surface area (Å²) >= 11 is 18.0. The van der Waals surface area contributed by atoms with Crippen molar-refractivity contribution >= 4 is 52.4 Å². The first-order chi connectivity index (χ1) is 11.4. The highest BCUT2D eigenvalue weighted by atomic mass is 35.5. The molecule has 0 heterocycles. The van der Waals surface area contributed by atoms with E-state index < -0.39 is 5.91 Å². The van der Waals surface area contributed by atoms with E-state index in [1.807, 2.05) is 0 Å². The van der Waals surface area contributed by atoms with Gasteiger partial charge in [-0.25, -0.2) is 0 Å². The summed E-state index contributed by atoms with van der Waals surface area (Å²) in [6, 6.07) is 11.7. The molecule has 4 nitrogen and oxygen atoms in total. The minimum atomic E-state index is -0.610. The molecule has 2 N–H and O–H groups in total. The van der Waals surface area contributed by atoms with Crippen molar-refractivity contribution in [2.24, 2.45) is 5.73 Å². The first kappa shape index (κ1) is 18.2. The van der Waals surface area contributed by atoms with Gasteiger partial charge in [0.25, 0.3) is 5.91 Å². The van der Waals surface area contributed by atoms with Gasteiger partial charge in [0.15, 0.2) is 6.61 Å². The Morgan fingerprint density at radius 2 is 1.83 bits per heavy atom. The van der Waals surface area contributed by atoms with Crippen LogP contribution in [0.3, 0.4) is 0 Å². The molecule has 0 aliphatic rings. The van der Waals surface area contributed by atoms with Gasteiger partial charge in [-0.15, -0.1) is 0 Å². The second-order valence-corrected chi connectivity index (χ2v) is 6.01. The maximum absolute atomic E-state index is 10.9. The van der Waals surface area contributed by atoms with Gasteiger partial charge in [-0.2, -0.15) is 5.26 Å². The van der Waals surface area contributed by atoms with Crippen molar-refractivity contribution in [2.75, 3.05) is 6.61 Å². The molecular weight excluding hydrogens is 371 g/mol. The Hall–Kier alpha value is -2.19. The first-order valence-electron chi connectivity index (χ1n) is 6.68. The monoisotopic (exact) mass is 380 g/mol. The zero-order valence-electron chi connectivity index (χ0n) is 12.2. The van der Waals surface area contributed by atoms with Crippen molar-refractivity contribution in [1.82, 2.24) is 0 Å². The number of hydrogen-bond acceptors (Lipinski definition) is 3. The van der Waals surface area contributed by atoms with Crippen molar-refractivity contribution in [3.8, 4) is 11.8 Å². The number of primary amides is 1. The lowest BCUT2D eigenvalue weighted by atomic mass is 10.0. The van der Waals surface area contributed by atoms with Crippen LogP contribution < -0.4 is 10.5 Å². The van der Waals surface area contributed by atoms with Gasteiger partial charge in [-0.1, -0.05) is 40.9 Å². The maximum Gasteiger partial charge on any atom is 0.255 e. The molecule has 0 saturated heterocycles. The number of nitriles is 1. The number of nitrogens with two attached hydrogens (primary N) is 1. The van der Waals surface area contributed by atoms with Crippen LogP contribution in [-0.2, 0) is 4.79 Å². The van der Waals surface area contributed by atoms with Crippen LogP contribution in [-0.4, -0.2) is 12.5 Å². The van der Waals surface area contributed by atoms with E-state index in [9.17, 15) is 10.1 Å². The Morgan fingerprint density at radius 3 is 2.46 bits per heavy atom. The van der Waals surface area contributed by atoms with Crippen molar-refractivity contribution in [2.45, 2.75) is 0 Å². The normalized spacial score (nSPS) is 11.0. The molecule has 1 amide bonds. The van der Waals surface area contributed by atoms with Crippen LogP contribution in [0, 0.1) is 11.3 Å². The van der Waals surface area contributed by atoms with E-state index in [4.69, 9.17) is 45.3 Å². The van der Waals surface area contributed by atoms with Crippen molar-refractivity contribution in [3.05, 3.63) is 62.6 Å². The number of ether oxygens (including phenoxy) is 1. The zero-order valence-corrected chi connectivity index (χ0v) is 14.5. The minimum absolute atomic E-state index is 0.286. The van der Waals surface area contributed by atoms with Gasteiger partial charge < -0.3 is 10.5 Å². The van der Waals surface area contributed by atoms with Gasteiger partial charge in [0.1, 0.15) is 5.75 Å². The number of allylic oxidation sites excluding steroid dienone is 1. The number of amides is 1. The molecule has 0 fully saturated rings. The van der Waals surface area contributed by atoms with Crippen molar-refractivity contribution in [1.29, 1.82) is 5.26 Å². The van der Waals surface area contributed by atoms with Crippen LogP contribution in [0.4, 0.5) is 0 Å². The first-order valence-corrected chi connectivity index (χ1v) is 7.82. The fraction of sp³-hybridized carbons (Fsp3) is 0.0588. The number of benzene rings is 2. The van der Waals surface area contributed by atoms with Gasteiger partial charge in [-0.3, -0.25) is 4.79 Å². The van der Waals surface area contributed by atoms with Gasteiger partial charge in [-0.05, 0) is 36.4 Å². The molecule has 0 aliphatic heterocycles. The third-order valence-electron chi connectivity index (χ3n) is 2.98. The molecule has 0 spiro atoms. The van der Waals surface area contributed by atoms with Crippen LogP contribution in [0.1, 0.15) is 11.1 Å². The summed E-state index contributed by atoms with van der Waals surface area (Å²) in [5, 5.41) is 10.7. The van der Waals surface area contributed by atoms with Crippen molar-refractivity contribution < 1.29 is 9.53 Å². The Labute approximate surface area is 154 Å². The quantitative estimate of drug-likeness (QED) is 0.608. The average molecular weight is 382 g/mol. The van der Waals surface area contributed by atoms with Crippen LogP contribution in [0.25, 0.3) is 11.6 Å². The summed E-state index contributed by atoms with van der Waals surface area (Å²) < 4.78 is 5.34. The molecule has 0 aromatic heterocycles. The molecule has 0 radical (unpaired) electrons. The highest BCUT2D eigenvalue weighted by Crippen LogP contribution is 2.31. The van der Waals surface area contributed by atoms with Gasteiger partial charge in [0.2, 0.25) is 0 Å². The fourth-order valence-electron chi connectivity index (χ4n) is 1.95. The Kier molecular flexibility index (Phi) is 6.10. The molecule has 0 aliphatic carbocycles. The molecule has 24 heavy (non-hydrogen) atoms. The average Bonchev–Trinajstić information content (AvgIpc) is 2.52. The van der Waals surface area contributed by atoms with Gasteiger partial charge in [0.05, 0.1) is 16.7 Å². The summed E-state index contributed by atoms with van der Waals surface area (Å²) in [6.45, 7) is -0.286. The molecule has 0 bridgehead atoms. The van der Waals surface area contributed by atoms with Crippen LogP contribution in [0.15, 0.2) is 36.4 Å². The van der Waals surface area contributed by atoms with E-state index in [0.717, 1.165) is 0 Å². The molecule has 0 atom stereocenters. The maximum atomic E-state index is 10.9. The Bertz CT molecular complexity index is 857. The Morgan fingerprint density at radius 1 is 1.17 bits per heavy atom. The number of rotatable bonds is 5. The molecule has 2 rings (SSSR count). The molecule has 7 heteroatoms. The van der Waals surface area contributed by atoms with Gasteiger partial charge in [0, 0.05) is 21.2 Å². The van der Waals surface area contributed by atoms with Crippen LogP contribution in [0.2, 0.25) is 15.1 Å². The molecule has 0 saturated carbocycles. The Balaban J connectivity index is 2.49. The summed E-state index contributed by atoms with van der Waals surface area (Å²) in [5.74, 6) is -0.239. The highest BCUT2D eigenvalue weighted by molar-refractivity contribution is 6.36. The predicted molar refractivity (Wildman–Crippen MR) is 96.1 cm³/mol. The topological polar surface area (TPSA) is 76.1 Å². The molecule has 122 valence electrons. The lowest BCUT2D eigenvalue weighted by Crippen LogP contribution is -2.20. The summed E-state index contributed by atoms with van der Waals surface area (Å²) in [7, 11) is 0. The van der Waals surface area contributed by atoms with E-state index in [2.05, 4.69) is 6.07 Å². The summed E-state index contributed by atoms with van der Waals surface area (Å²) in [4.78, 5) is 10.9. The second kappa shape index (κ2) is 8.07. The van der Waals surface area contributed by atoms with E-state index in [-0.39, 0.29) is 6.61 Å². The SMILES string of the molecule is N#C/C(=C\c1cc(Cl)ccc1OCC(N)=O)c1ccc(Cl)cc1Cl. The number of hydrogen-bond donors (Lipinski definition) is 1. The summed E-state index contributed by atoms with van der Waals surface area (Å²) in [6.07, 6.45) is 1.57. The third-order valence-corrected chi connectivity index (χ3v) is 3.77. The fourth-order valence-corrected chi connectivity index (χ4v) is 2.64. The van der Waals surface area contributed by atoms with Gasteiger partial charge >= 0.3 is 0 Å². The van der Waals surface area contributed by atoms with E-state index in [1.54, 1.807) is 42.5 Å². The lowest BCUT2D eigenvalue weighted by molar-refractivity contribution is -0.119. The second-order valence-electron chi connectivity index (χ2n) is 4.73. The zero-order chi connectivity index (χ0) is 17.7. The predicted octanol–water partition coefficient (Wildman–Crippen LogP) is 4.58. The third kappa shape index (κ3) is 4.65. The summed E-state index contributed by atoms with van der Waals surface area (Å²) in [5.41, 5.74) is 6.42. The smallest absolute Gasteiger partial charge is 0.255 e. The number of carbonyl (C=O) groups excluding carboxylic acids is 1. The largest absolute Gasteiger partial charge is 0.483 e. The lowest BCUT2D eigenvalue weighted by Gasteiger charge is -2.09. The molecule has 2 aromatic carbocycles. The standard InChI is InChI=1S/C17H11Cl3N2O2/c18-12-2-4-16(24-9-17(22)23)10(6-12)5-11(8-21)14-3-1-13(19)7-15(14)20/h1-7H,9H2,(H2,22,23)/b11-5+. The number of carbonyl (C=O) groups is 1. The number of nitrogens with zero attached hydrogens (tertiary/aromatic N) is 1. The minimum Gasteiger partial charge on any atom is -0.483 e. The van der Waals surface area contributed by atoms with E-state index in [0.29, 0.717) is 37.5 Å². The highest BCUT2D eigenvalue weighted by Gasteiger charge is 2.10. The van der Waals surface area contributed by atoms with Crippen LogP contribution >= 0.6 is 34.8 Å². The van der Waals surface area contributed by atoms with Crippen LogP contribution in [0.5, 0.6) is 5.75 Å². The molecular formula is C17H11Cl3N2O2. The molecule has 0 unspecified atom stereocenters. The van der Waals surface area contributed by atoms with E-state index in [1.165, 1.54) is 0 Å². The molecule has 2 aromatic rings. The van der Waals surface area contributed by atoms with Crippen molar-refractivity contribution in [3.63, 3.8) is 0 Å². The number of halogens is 3.